The number of fused-ring (bicyclic) bond motifs is 1. The van der Waals surface area contributed by atoms with Gasteiger partial charge in [0.25, 0.3) is 0 Å². The number of hydrogen-bond acceptors (Lipinski definition) is 1. The second kappa shape index (κ2) is 5.66. The number of rotatable bonds is 3. The first kappa shape index (κ1) is 13.2. The lowest BCUT2D eigenvalue weighted by Gasteiger charge is -2.24. The topological polar surface area (TPSA) is 12.0 Å². The molecule has 1 unspecified atom stereocenters. The molecule has 0 radical (unpaired) electrons. The first-order valence-corrected chi connectivity index (χ1v) is 7.34. The minimum atomic E-state index is -0.0963. The van der Waals surface area contributed by atoms with Crippen LogP contribution in [0, 0.1) is 5.82 Å². The van der Waals surface area contributed by atoms with Crippen LogP contribution in [0.1, 0.15) is 30.0 Å². The van der Waals surface area contributed by atoms with Crippen molar-refractivity contribution in [1.29, 1.82) is 0 Å². The number of aryl methyl sites for hydroxylation is 3. The molecule has 2 aromatic carbocycles. The first-order chi connectivity index (χ1) is 9.72. The molecular formula is C18H20FN. The molecule has 1 atom stereocenters. The molecule has 20 heavy (non-hydrogen) atoms. The lowest BCUT2D eigenvalue weighted by Crippen LogP contribution is -2.21. The van der Waals surface area contributed by atoms with Crippen molar-refractivity contribution in [3.05, 3.63) is 65.0 Å². The molecule has 1 heterocycles. The van der Waals surface area contributed by atoms with Crippen molar-refractivity contribution in [3.63, 3.8) is 0 Å². The maximum absolute atomic E-state index is 13.6. The molecule has 1 aliphatic rings. The summed E-state index contributed by atoms with van der Waals surface area (Å²) in [7, 11) is 0. The van der Waals surface area contributed by atoms with Crippen molar-refractivity contribution >= 4 is 5.69 Å². The van der Waals surface area contributed by atoms with Crippen molar-refractivity contribution in [2.24, 2.45) is 0 Å². The number of anilines is 1. The zero-order valence-electron chi connectivity index (χ0n) is 11.8. The minimum Gasteiger partial charge on any atom is -0.382 e. The molecule has 0 fully saturated rings. The molecule has 0 spiro atoms. The van der Waals surface area contributed by atoms with Crippen molar-refractivity contribution in [2.75, 3.05) is 5.32 Å². The van der Waals surface area contributed by atoms with Gasteiger partial charge in [-0.1, -0.05) is 30.3 Å². The molecule has 3 rings (SSSR count). The highest BCUT2D eigenvalue weighted by molar-refractivity contribution is 5.55. The summed E-state index contributed by atoms with van der Waals surface area (Å²) in [4.78, 5) is 0. The first-order valence-electron chi connectivity index (χ1n) is 7.34. The van der Waals surface area contributed by atoms with Crippen LogP contribution in [-0.4, -0.2) is 6.04 Å². The zero-order valence-corrected chi connectivity index (χ0v) is 11.8. The average molecular weight is 269 g/mol. The maximum Gasteiger partial charge on any atom is 0.126 e. The molecular weight excluding hydrogens is 249 g/mol. The lowest BCUT2D eigenvalue weighted by atomic mass is 9.95. The Kier molecular flexibility index (Phi) is 3.72. The Morgan fingerprint density at radius 3 is 2.85 bits per heavy atom. The van der Waals surface area contributed by atoms with Gasteiger partial charge in [-0.3, -0.25) is 0 Å². The lowest BCUT2D eigenvalue weighted by molar-refractivity contribution is 0.608. The van der Waals surface area contributed by atoms with Gasteiger partial charge in [0.15, 0.2) is 0 Å². The molecule has 1 aliphatic heterocycles. The molecule has 2 heteroatoms. The Balaban J connectivity index is 1.71. The van der Waals surface area contributed by atoms with Crippen LogP contribution in [0.5, 0.6) is 0 Å². The van der Waals surface area contributed by atoms with E-state index >= 15 is 0 Å². The van der Waals surface area contributed by atoms with Gasteiger partial charge >= 0.3 is 0 Å². The molecule has 104 valence electrons. The van der Waals surface area contributed by atoms with E-state index in [1.165, 1.54) is 29.3 Å². The smallest absolute Gasteiger partial charge is 0.126 e. The molecule has 0 saturated heterocycles. The van der Waals surface area contributed by atoms with Crippen molar-refractivity contribution in [3.8, 4) is 0 Å². The fraction of sp³-hybridized carbons (Fsp3) is 0.333. The molecule has 2 aromatic rings. The van der Waals surface area contributed by atoms with E-state index in [0.717, 1.165) is 24.8 Å². The summed E-state index contributed by atoms with van der Waals surface area (Å²) in [6.07, 6.45) is 3.97. The van der Waals surface area contributed by atoms with Crippen LogP contribution in [0.4, 0.5) is 10.1 Å². The molecule has 0 amide bonds. The number of nitrogens with one attached hydrogen (secondary N) is 1. The van der Waals surface area contributed by atoms with Crippen LogP contribution in [0.3, 0.4) is 0 Å². The highest BCUT2D eigenvalue weighted by Crippen LogP contribution is 2.26. The second-order valence-electron chi connectivity index (χ2n) is 5.67. The van der Waals surface area contributed by atoms with E-state index in [9.17, 15) is 4.39 Å². The summed E-state index contributed by atoms with van der Waals surface area (Å²) in [6.45, 7) is 2.22. The summed E-state index contributed by atoms with van der Waals surface area (Å²) in [5.41, 5.74) is 4.76. The van der Waals surface area contributed by atoms with Gasteiger partial charge in [0.1, 0.15) is 5.82 Å². The van der Waals surface area contributed by atoms with Crippen molar-refractivity contribution in [1.82, 2.24) is 0 Å². The highest BCUT2D eigenvalue weighted by Gasteiger charge is 2.14. The number of benzene rings is 2. The second-order valence-corrected chi connectivity index (χ2v) is 5.67. The van der Waals surface area contributed by atoms with E-state index in [-0.39, 0.29) is 5.82 Å². The third-order valence-electron chi connectivity index (χ3n) is 4.06. The van der Waals surface area contributed by atoms with Crippen LogP contribution in [0.25, 0.3) is 0 Å². The normalized spacial score (nSPS) is 17.4. The SMILES string of the molecule is CC1CCc2cc(CCc3ccccc3F)ccc2N1. The van der Waals surface area contributed by atoms with Crippen LogP contribution >= 0.6 is 0 Å². The summed E-state index contributed by atoms with van der Waals surface area (Å²) in [5, 5.41) is 3.51. The molecule has 0 bridgehead atoms. The van der Waals surface area contributed by atoms with Gasteiger partial charge in [0, 0.05) is 11.7 Å². The Hall–Kier alpha value is -1.83. The monoisotopic (exact) mass is 269 g/mol. The quantitative estimate of drug-likeness (QED) is 0.873. The molecule has 1 N–H and O–H groups in total. The predicted molar refractivity (Wildman–Crippen MR) is 81.7 cm³/mol. The molecule has 1 nitrogen and oxygen atoms in total. The third kappa shape index (κ3) is 2.84. The van der Waals surface area contributed by atoms with Gasteiger partial charge in [-0.05, 0) is 61.4 Å². The van der Waals surface area contributed by atoms with Crippen LogP contribution in [-0.2, 0) is 19.3 Å². The highest BCUT2D eigenvalue weighted by atomic mass is 19.1. The van der Waals surface area contributed by atoms with E-state index in [0.29, 0.717) is 6.04 Å². The van der Waals surface area contributed by atoms with E-state index in [2.05, 4.69) is 30.4 Å². The number of halogens is 1. The van der Waals surface area contributed by atoms with Crippen molar-refractivity contribution < 1.29 is 4.39 Å². The molecule has 0 saturated carbocycles. The Bertz CT molecular complexity index is 606. The van der Waals surface area contributed by atoms with Crippen LogP contribution in [0.15, 0.2) is 42.5 Å². The van der Waals surface area contributed by atoms with E-state index in [1.54, 1.807) is 6.07 Å². The van der Waals surface area contributed by atoms with Crippen LogP contribution < -0.4 is 5.32 Å². The van der Waals surface area contributed by atoms with E-state index < -0.39 is 0 Å². The van der Waals surface area contributed by atoms with Gasteiger partial charge in [-0.15, -0.1) is 0 Å². The average Bonchev–Trinajstić information content (AvgIpc) is 2.46. The molecule has 0 aromatic heterocycles. The van der Waals surface area contributed by atoms with E-state index in [4.69, 9.17) is 0 Å². The summed E-state index contributed by atoms with van der Waals surface area (Å²) in [6, 6.07) is 14.2. The third-order valence-corrected chi connectivity index (χ3v) is 4.06. The maximum atomic E-state index is 13.6. The largest absolute Gasteiger partial charge is 0.382 e. The molecule has 0 aliphatic carbocycles. The van der Waals surface area contributed by atoms with Gasteiger partial charge in [-0.2, -0.15) is 0 Å². The zero-order chi connectivity index (χ0) is 13.9. The minimum absolute atomic E-state index is 0.0963. The summed E-state index contributed by atoms with van der Waals surface area (Å²) < 4.78 is 13.6. The van der Waals surface area contributed by atoms with Gasteiger partial charge in [0.2, 0.25) is 0 Å². The number of hydrogen-bond donors (Lipinski definition) is 1. The standard InChI is InChI=1S/C18H20FN/c1-13-6-9-16-12-14(8-11-18(16)20-13)7-10-15-4-2-3-5-17(15)19/h2-5,8,11-13,20H,6-7,9-10H2,1H3. The summed E-state index contributed by atoms with van der Waals surface area (Å²) in [5.74, 6) is -0.0963. The Labute approximate surface area is 119 Å². The fourth-order valence-electron chi connectivity index (χ4n) is 2.84. The Morgan fingerprint density at radius 2 is 2.00 bits per heavy atom. The summed E-state index contributed by atoms with van der Waals surface area (Å²) >= 11 is 0. The van der Waals surface area contributed by atoms with Crippen molar-refractivity contribution in [2.45, 2.75) is 38.6 Å². The van der Waals surface area contributed by atoms with Gasteiger partial charge < -0.3 is 5.32 Å². The fourth-order valence-corrected chi connectivity index (χ4v) is 2.84. The van der Waals surface area contributed by atoms with Crippen LogP contribution in [0.2, 0.25) is 0 Å². The van der Waals surface area contributed by atoms with E-state index in [1.807, 2.05) is 12.1 Å². The van der Waals surface area contributed by atoms with Gasteiger partial charge in [0.05, 0.1) is 0 Å². The van der Waals surface area contributed by atoms with Gasteiger partial charge in [-0.25, -0.2) is 4.39 Å². The Morgan fingerprint density at radius 1 is 1.15 bits per heavy atom. The predicted octanol–water partition coefficient (Wildman–Crippen LogP) is 4.36.